The Balaban J connectivity index is 2.04. The number of nitrogens with two attached hydrogens (primary N) is 1. The summed E-state index contributed by atoms with van der Waals surface area (Å²) in [7, 11) is 0. The first-order valence-electron chi connectivity index (χ1n) is 7.43. The maximum atomic E-state index is 6.72. The molecule has 0 aliphatic heterocycles. The van der Waals surface area contributed by atoms with Crippen LogP contribution in [0.1, 0.15) is 46.7 Å². The minimum absolute atomic E-state index is 0.102. The van der Waals surface area contributed by atoms with Gasteiger partial charge in [0.05, 0.1) is 0 Å². The highest BCUT2D eigenvalue weighted by Crippen LogP contribution is 2.56. The molecule has 1 nitrogen and oxygen atoms in total. The minimum atomic E-state index is 0.102. The van der Waals surface area contributed by atoms with Crippen molar-refractivity contribution in [1.29, 1.82) is 0 Å². The number of rotatable bonds is 3. The Kier molecular flexibility index (Phi) is 3.18. The highest BCUT2D eigenvalue weighted by molar-refractivity contribution is 5.45. The Morgan fingerprint density at radius 3 is 2.00 bits per heavy atom. The Hall–Kier alpha value is -1.60. The zero-order valence-electron chi connectivity index (χ0n) is 12.6. The lowest BCUT2D eigenvalue weighted by molar-refractivity contribution is 0.536. The molecule has 20 heavy (non-hydrogen) atoms. The van der Waals surface area contributed by atoms with Crippen LogP contribution in [0, 0.1) is 20.8 Å². The van der Waals surface area contributed by atoms with Crippen LogP contribution in [0.25, 0.3) is 0 Å². The molecule has 2 aromatic carbocycles. The fourth-order valence-corrected chi connectivity index (χ4v) is 3.64. The van der Waals surface area contributed by atoms with E-state index in [1.165, 1.54) is 40.7 Å². The summed E-state index contributed by atoms with van der Waals surface area (Å²) in [6, 6.07) is 15.4. The fraction of sp³-hybridized carbons (Fsp3) is 0.368. The molecule has 0 radical (unpaired) electrons. The van der Waals surface area contributed by atoms with E-state index in [1.54, 1.807) is 0 Å². The average molecular weight is 265 g/mol. The second-order valence-electron chi connectivity index (χ2n) is 6.31. The molecule has 1 fully saturated rings. The Morgan fingerprint density at radius 1 is 0.950 bits per heavy atom. The van der Waals surface area contributed by atoms with Crippen LogP contribution in [0.3, 0.4) is 0 Å². The molecule has 2 N–H and O–H groups in total. The van der Waals surface area contributed by atoms with E-state index in [0.29, 0.717) is 0 Å². The molecule has 1 aliphatic carbocycles. The molecule has 0 aromatic heterocycles. The number of hydrogen-bond acceptors (Lipinski definition) is 1. The van der Waals surface area contributed by atoms with Crippen LogP contribution in [0.4, 0.5) is 0 Å². The van der Waals surface area contributed by atoms with E-state index < -0.39 is 0 Å². The first-order chi connectivity index (χ1) is 9.54. The van der Waals surface area contributed by atoms with Crippen LogP contribution in [0.5, 0.6) is 0 Å². The normalized spacial score (nSPS) is 17.8. The Morgan fingerprint density at radius 2 is 1.50 bits per heavy atom. The van der Waals surface area contributed by atoms with Crippen molar-refractivity contribution in [3.8, 4) is 0 Å². The Bertz CT molecular complexity index is 600. The van der Waals surface area contributed by atoms with Crippen molar-refractivity contribution in [3.63, 3.8) is 0 Å². The number of hydrogen-bond donors (Lipinski definition) is 1. The largest absolute Gasteiger partial charge is 0.323 e. The smallest absolute Gasteiger partial charge is 0.0398 e. The molecule has 0 saturated heterocycles. The topological polar surface area (TPSA) is 26.0 Å². The first kappa shape index (κ1) is 13.4. The summed E-state index contributed by atoms with van der Waals surface area (Å²) in [5, 5.41) is 0. The maximum absolute atomic E-state index is 6.72. The van der Waals surface area contributed by atoms with E-state index in [4.69, 9.17) is 5.73 Å². The average Bonchev–Trinajstić information content (AvgIpc) is 3.20. The van der Waals surface area contributed by atoms with E-state index in [1.807, 2.05) is 0 Å². The first-order valence-corrected chi connectivity index (χ1v) is 7.43. The summed E-state index contributed by atoms with van der Waals surface area (Å²) in [6.45, 7) is 6.53. The van der Waals surface area contributed by atoms with Gasteiger partial charge in [-0.2, -0.15) is 0 Å². The van der Waals surface area contributed by atoms with Gasteiger partial charge >= 0.3 is 0 Å². The van der Waals surface area contributed by atoms with E-state index in [2.05, 4.69) is 63.2 Å². The van der Waals surface area contributed by atoms with Gasteiger partial charge in [-0.15, -0.1) is 0 Å². The van der Waals surface area contributed by atoms with Gasteiger partial charge in [-0.1, -0.05) is 48.0 Å². The van der Waals surface area contributed by atoms with Crippen molar-refractivity contribution < 1.29 is 0 Å². The van der Waals surface area contributed by atoms with Gasteiger partial charge in [0, 0.05) is 11.5 Å². The van der Waals surface area contributed by atoms with Gasteiger partial charge in [0.25, 0.3) is 0 Å². The summed E-state index contributed by atoms with van der Waals surface area (Å²) < 4.78 is 0. The van der Waals surface area contributed by atoms with Crippen LogP contribution in [-0.4, -0.2) is 0 Å². The molecule has 0 bridgehead atoms. The lowest BCUT2D eigenvalue weighted by atomic mass is 9.81. The monoisotopic (exact) mass is 265 g/mol. The molecule has 0 heterocycles. The van der Waals surface area contributed by atoms with E-state index in [9.17, 15) is 0 Å². The molecule has 3 rings (SSSR count). The van der Waals surface area contributed by atoms with E-state index in [-0.39, 0.29) is 11.5 Å². The van der Waals surface area contributed by atoms with Gasteiger partial charge in [0.1, 0.15) is 0 Å². The molecular formula is C19H23N. The molecule has 0 spiro atoms. The number of aryl methyl sites for hydroxylation is 3. The zero-order valence-corrected chi connectivity index (χ0v) is 12.6. The summed E-state index contributed by atoms with van der Waals surface area (Å²) in [5.74, 6) is 0. The van der Waals surface area contributed by atoms with Crippen LogP contribution in [-0.2, 0) is 5.41 Å². The summed E-state index contributed by atoms with van der Waals surface area (Å²) in [5.41, 5.74) is 13.6. The third-order valence-corrected chi connectivity index (χ3v) is 4.78. The van der Waals surface area contributed by atoms with Gasteiger partial charge in [-0.05, 0) is 55.9 Å². The van der Waals surface area contributed by atoms with Gasteiger partial charge in [-0.3, -0.25) is 0 Å². The lowest BCUT2D eigenvalue weighted by Crippen LogP contribution is -2.28. The number of benzene rings is 2. The van der Waals surface area contributed by atoms with Crippen LogP contribution < -0.4 is 5.73 Å². The van der Waals surface area contributed by atoms with Crippen molar-refractivity contribution in [2.45, 2.75) is 45.1 Å². The van der Waals surface area contributed by atoms with Crippen LogP contribution in [0.2, 0.25) is 0 Å². The van der Waals surface area contributed by atoms with Crippen LogP contribution >= 0.6 is 0 Å². The summed E-state index contributed by atoms with van der Waals surface area (Å²) in [4.78, 5) is 0. The quantitative estimate of drug-likeness (QED) is 0.877. The molecule has 1 atom stereocenters. The van der Waals surface area contributed by atoms with Crippen molar-refractivity contribution >= 4 is 0 Å². The molecule has 1 heteroatoms. The molecule has 1 unspecified atom stereocenters. The van der Waals surface area contributed by atoms with Gasteiger partial charge < -0.3 is 5.73 Å². The molecule has 0 amide bonds. The molecular weight excluding hydrogens is 242 g/mol. The predicted molar refractivity (Wildman–Crippen MR) is 84.9 cm³/mol. The van der Waals surface area contributed by atoms with E-state index >= 15 is 0 Å². The minimum Gasteiger partial charge on any atom is -0.323 e. The molecule has 1 aliphatic rings. The van der Waals surface area contributed by atoms with Crippen molar-refractivity contribution in [1.82, 2.24) is 0 Å². The zero-order chi connectivity index (χ0) is 14.3. The third kappa shape index (κ3) is 2.06. The van der Waals surface area contributed by atoms with Crippen molar-refractivity contribution in [2.75, 3.05) is 0 Å². The molecule has 104 valence electrons. The van der Waals surface area contributed by atoms with Crippen LogP contribution in [0.15, 0.2) is 42.5 Å². The second kappa shape index (κ2) is 4.75. The Labute approximate surface area is 121 Å². The third-order valence-electron chi connectivity index (χ3n) is 4.78. The highest BCUT2D eigenvalue weighted by Gasteiger charge is 2.50. The van der Waals surface area contributed by atoms with Crippen molar-refractivity contribution in [3.05, 3.63) is 70.3 Å². The van der Waals surface area contributed by atoms with Gasteiger partial charge in [0.15, 0.2) is 0 Å². The van der Waals surface area contributed by atoms with E-state index in [0.717, 1.165) is 0 Å². The van der Waals surface area contributed by atoms with Gasteiger partial charge in [-0.25, -0.2) is 0 Å². The molecule has 1 saturated carbocycles. The summed E-state index contributed by atoms with van der Waals surface area (Å²) in [6.07, 6.45) is 2.40. The summed E-state index contributed by atoms with van der Waals surface area (Å²) >= 11 is 0. The standard InChI is InChI=1S/C19H23N/c1-13-11-14(2)17(15(3)12-13)18(20)19(9-10-19)16-7-5-4-6-8-16/h4-8,11-12,18H,9-10,20H2,1-3H3. The lowest BCUT2D eigenvalue weighted by Gasteiger charge is -2.27. The van der Waals surface area contributed by atoms with Crippen molar-refractivity contribution in [2.24, 2.45) is 5.73 Å². The molecule has 2 aromatic rings. The SMILES string of the molecule is Cc1cc(C)c(C(N)C2(c3ccccc3)CC2)c(C)c1. The predicted octanol–water partition coefficient (Wildman–Crippen LogP) is 4.34. The fourth-order valence-electron chi connectivity index (χ4n) is 3.64. The van der Waals surface area contributed by atoms with Gasteiger partial charge in [0.2, 0.25) is 0 Å². The highest BCUT2D eigenvalue weighted by atomic mass is 14.7. The maximum Gasteiger partial charge on any atom is 0.0398 e. The second-order valence-corrected chi connectivity index (χ2v) is 6.31.